The Kier molecular flexibility index (Phi) is 3.20. The summed E-state index contributed by atoms with van der Waals surface area (Å²) in [6.07, 6.45) is 0.340. The Hall–Kier alpha value is -2.44. The smallest absolute Gasteiger partial charge is 0.307 e. The van der Waals surface area contributed by atoms with Crippen LogP contribution in [0.5, 0.6) is 0 Å². The number of benzene rings is 1. The molecule has 1 aliphatic rings. The Bertz CT molecular complexity index is 569. The number of carbonyl (C=O) groups is 2. The van der Waals surface area contributed by atoms with Crippen molar-refractivity contribution in [2.24, 2.45) is 11.8 Å². The van der Waals surface area contributed by atoms with Crippen molar-refractivity contribution < 1.29 is 19.6 Å². The first-order valence-electron chi connectivity index (χ1n) is 5.69. The van der Waals surface area contributed by atoms with E-state index in [0.717, 1.165) is 0 Å². The first kappa shape index (κ1) is 13.0. The molecule has 2 atom stereocenters. The second-order valence-corrected chi connectivity index (χ2v) is 4.53. The minimum atomic E-state index is -0.972. The van der Waals surface area contributed by atoms with Crippen molar-refractivity contribution in [3.8, 4) is 0 Å². The lowest BCUT2D eigenvalue weighted by molar-refractivity contribution is -0.385. The summed E-state index contributed by atoms with van der Waals surface area (Å²) in [5.74, 6) is -2.45. The quantitative estimate of drug-likeness (QED) is 0.633. The monoisotopic (exact) mass is 264 g/mol. The first-order valence-corrected chi connectivity index (χ1v) is 5.69. The van der Waals surface area contributed by atoms with E-state index in [1.807, 2.05) is 0 Å². The van der Waals surface area contributed by atoms with Gasteiger partial charge in [-0.1, -0.05) is 0 Å². The molecule has 2 rings (SSSR count). The maximum atomic E-state index is 11.7. The van der Waals surface area contributed by atoms with Gasteiger partial charge in [-0.2, -0.15) is 0 Å². The molecule has 1 aliphatic carbocycles. The summed E-state index contributed by atoms with van der Waals surface area (Å²) < 4.78 is 0. The van der Waals surface area contributed by atoms with Crippen LogP contribution < -0.4 is 5.32 Å². The Balaban J connectivity index is 2.04. The van der Waals surface area contributed by atoms with Crippen molar-refractivity contribution in [3.63, 3.8) is 0 Å². The molecule has 0 spiro atoms. The molecule has 1 aromatic rings. The predicted octanol–water partition coefficient (Wildman–Crippen LogP) is 1.56. The molecule has 1 aromatic carbocycles. The van der Waals surface area contributed by atoms with Gasteiger partial charge >= 0.3 is 5.97 Å². The minimum Gasteiger partial charge on any atom is -0.481 e. The largest absolute Gasteiger partial charge is 0.481 e. The summed E-state index contributed by atoms with van der Waals surface area (Å²) in [4.78, 5) is 32.5. The van der Waals surface area contributed by atoms with Crippen LogP contribution in [-0.2, 0) is 9.59 Å². The van der Waals surface area contributed by atoms with Gasteiger partial charge in [-0.25, -0.2) is 0 Å². The molecule has 0 aliphatic heterocycles. The molecule has 1 fully saturated rings. The molecule has 19 heavy (non-hydrogen) atoms. The molecule has 0 unspecified atom stereocenters. The zero-order chi connectivity index (χ0) is 14.2. The molecule has 0 saturated heterocycles. The van der Waals surface area contributed by atoms with Gasteiger partial charge < -0.3 is 10.4 Å². The number of nitro groups is 1. The Morgan fingerprint density at radius 2 is 2.11 bits per heavy atom. The number of hydrogen-bond donors (Lipinski definition) is 2. The third-order valence-corrected chi connectivity index (χ3v) is 3.11. The molecule has 1 amide bonds. The highest BCUT2D eigenvalue weighted by molar-refractivity contribution is 5.98. The standard InChI is InChI=1S/C12H12N2O5/c1-6-4-7(2-3-10(6)14(18)19)13-11(15)8-5-9(8)12(16)17/h2-4,8-9H,5H2,1H3,(H,13,15)(H,16,17)/t8-,9+/m1/s1. The number of amides is 1. The minimum absolute atomic E-state index is 0.0205. The van der Waals surface area contributed by atoms with E-state index < -0.39 is 22.7 Å². The van der Waals surface area contributed by atoms with Gasteiger partial charge in [0.25, 0.3) is 5.69 Å². The normalized spacial score (nSPS) is 20.7. The number of nitrogens with one attached hydrogen (secondary N) is 1. The van der Waals surface area contributed by atoms with Crippen LogP contribution in [0.4, 0.5) is 11.4 Å². The molecule has 0 heterocycles. The van der Waals surface area contributed by atoms with Crippen LogP contribution in [0.3, 0.4) is 0 Å². The van der Waals surface area contributed by atoms with Gasteiger partial charge in [0.15, 0.2) is 0 Å². The molecule has 0 aromatic heterocycles. The van der Waals surface area contributed by atoms with Gasteiger partial charge in [-0.05, 0) is 25.5 Å². The average molecular weight is 264 g/mol. The van der Waals surface area contributed by atoms with Crippen molar-refractivity contribution in [2.45, 2.75) is 13.3 Å². The molecule has 2 N–H and O–H groups in total. The number of hydrogen-bond acceptors (Lipinski definition) is 4. The number of nitro benzene ring substituents is 1. The van der Waals surface area contributed by atoms with Crippen molar-refractivity contribution in [2.75, 3.05) is 5.32 Å². The van der Waals surface area contributed by atoms with Crippen molar-refractivity contribution in [3.05, 3.63) is 33.9 Å². The second kappa shape index (κ2) is 4.68. The number of carboxylic acids is 1. The zero-order valence-corrected chi connectivity index (χ0v) is 10.1. The number of aliphatic carboxylic acids is 1. The molecule has 7 nitrogen and oxygen atoms in total. The fourth-order valence-corrected chi connectivity index (χ4v) is 1.93. The van der Waals surface area contributed by atoms with E-state index in [1.165, 1.54) is 18.2 Å². The van der Waals surface area contributed by atoms with Crippen LogP contribution in [0, 0.1) is 28.9 Å². The van der Waals surface area contributed by atoms with Crippen LogP contribution in [0.1, 0.15) is 12.0 Å². The second-order valence-electron chi connectivity index (χ2n) is 4.53. The number of aryl methyl sites for hydroxylation is 1. The Morgan fingerprint density at radius 3 is 2.58 bits per heavy atom. The Labute approximate surface area is 108 Å². The van der Waals surface area contributed by atoms with Crippen molar-refractivity contribution in [1.82, 2.24) is 0 Å². The Morgan fingerprint density at radius 1 is 1.42 bits per heavy atom. The maximum absolute atomic E-state index is 11.7. The number of carbonyl (C=O) groups excluding carboxylic acids is 1. The van der Waals surface area contributed by atoms with E-state index >= 15 is 0 Å². The number of nitrogens with zero attached hydrogens (tertiary/aromatic N) is 1. The van der Waals surface area contributed by atoms with Gasteiger partial charge in [-0.3, -0.25) is 19.7 Å². The average Bonchev–Trinajstić information content (AvgIpc) is 3.08. The summed E-state index contributed by atoms with van der Waals surface area (Å²) >= 11 is 0. The van der Waals surface area contributed by atoms with Crippen molar-refractivity contribution in [1.29, 1.82) is 0 Å². The van der Waals surface area contributed by atoms with Gasteiger partial charge in [0.1, 0.15) is 0 Å². The first-order chi connectivity index (χ1) is 8.90. The van der Waals surface area contributed by atoms with Crippen LogP contribution in [-0.4, -0.2) is 21.9 Å². The summed E-state index contributed by atoms with van der Waals surface area (Å²) in [6.45, 7) is 1.57. The molecule has 0 radical (unpaired) electrons. The summed E-state index contributed by atoms with van der Waals surface area (Å²) in [7, 11) is 0. The summed E-state index contributed by atoms with van der Waals surface area (Å²) in [5.41, 5.74) is 0.852. The lowest BCUT2D eigenvalue weighted by Gasteiger charge is -2.05. The fraction of sp³-hybridized carbons (Fsp3) is 0.333. The van der Waals surface area contributed by atoms with E-state index in [2.05, 4.69) is 5.32 Å². The summed E-state index contributed by atoms with van der Waals surface area (Å²) in [5, 5.41) is 21.9. The third-order valence-electron chi connectivity index (χ3n) is 3.11. The van der Waals surface area contributed by atoms with E-state index in [-0.39, 0.29) is 11.6 Å². The van der Waals surface area contributed by atoms with E-state index in [4.69, 9.17) is 5.11 Å². The van der Waals surface area contributed by atoms with E-state index in [9.17, 15) is 19.7 Å². The molecular weight excluding hydrogens is 252 g/mol. The molecule has 0 bridgehead atoms. The van der Waals surface area contributed by atoms with E-state index in [0.29, 0.717) is 17.7 Å². The highest BCUT2D eigenvalue weighted by Crippen LogP contribution is 2.39. The number of carboxylic acid groups (broad SMARTS) is 1. The van der Waals surface area contributed by atoms with E-state index in [1.54, 1.807) is 6.92 Å². The third kappa shape index (κ3) is 2.70. The van der Waals surface area contributed by atoms with Crippen LogP contribution in [0.15, 0.2) is 18.2 Å². The molecule has 1 saturated carbocycles. The topological polar surface area (TPSA) is 110 Å². The number of anilines is 1. The molecule has 7 heteroatoms. The van der Waals surface area contributed by atoms with Gasteiger partial charge in [-0.15, -0.1) is 0 Å². The lowest BCUT2D eigenvalue weighted by Crippen LogP contribution is -2.16. The zero-order valence-electron chi connectivity index (χ0n) is 10.1. The van der Waals surface area contributed by atoms with Crippen LogP contribution in [0.2, 0.25) is 0 Å². The molecular formula is C12H12N2O5. The van der Waals surface area contributed by atoms with Gasteiger partial charge in [0.2, 0.25) is 5.91 Å². The fourth-order valence-electron chi connectivity index (χ4n) is 1.93. The van der Waals surface area contributed by atoms with Gasteiger partial charge in [0.05, 0.1) is 16.8 Å². The lowest BCUT2D eigenvalue weighted by atomic mass is 10.1. The highest BCUT2D eigenvalue weighted by atomic mass is 16.6. The van der Waals surface area contributed by atoms with Crippen LogP contribution >= 0.6 is 0 Å². The van der Waals surface area contributed by atoms with Gasteiger partial charge in [0, 0.05) is 17.3 Å². The maximum Gasteiger partial charge on any atom is 0.307 e. The number of rotatable bonds is 4. The SMILES string of the molecule is Cc1cc(NC(=O)[C@@H]2C[C@@H]2C(=O)O)ccc1[N+](=O)[O-]. The van der Waals surface area contributed by atoms with Crippen LogP contribution in [0.25, 0.3) is 0 Å². The molecule has 100 valence electrons. The van der Waals surface area contributed by atoms with Crippen molar-refractivity contribution >= 4 is 23.3 Å². The predicted molar refractivity (Wildman–Crippen MR) is 65.7 cm³/mol. The highest BCUT2D eigenvalue weighted by Gasteiger charge is 2.48. The summed E-state index contributed by atoms with van der Waals surface area (Å²) in [6, 6.07) is 4.24.